The van der Waals surface area contributed by atoms with Crippen molar-refractivity contribution < 1.29 is 14.3 Å². The van der Waals surface area contributed by atoms with Gasteiger partial charge < -0.3 is 14.8 Å². The molecule has 4 rings (SSSR count). The highest BCUT2D eigenvalue weighted by atomic mass is 16.5. The molecule has 136 valence electrons. The Labute approximate surface area is 157 Å². The second-order valence-corrected chi connectivity index (χ2v) is 6.36. The van der Waals surface area contributed by atoms with Crippen LogP contribution in [0.4, 0.5) is 0 Å². The van der Waals surface area contributed by atoms with Gasteiger partial charge >= 0.3 is 0 Å². The van der Waals surface area contributed by atoms with Gasteiger partial charge in [-0.05, 0) is 43.2 Å². The van der Waals surface area contributed by atoms with Crippen LogP contribution >= 0.6 is 0 Å². The zero-order valence-electron chi connectivity index (χ0n) is 14.9. The molecular formula is C21H19N3O3. The summed E-state index contributed by atoms with van der Waals surface area (Å²) in [6.45, 7) is 0. The van der Waals surface area contributed by atoms with E-state index in [0.717, 1.165) is 18.4 Å². The molecule has 0 radical (unpaired) electrons. The van der Waals surface area contributed by atoms with Crippen LogP contribution in [0, 0.1) is 0 Å². The Morgan fingerprint density at radius 2 is 1.78 bits per heavy atom. The largest absolute Gasteiger partial charge is 0.497 e. The average Bonchev–Trinajstić information content (AvgIpc) is 3.53. The van der Waals surface area contributed by atoms with E-state index in [1.54, 1.807) is 31.4 Å². The number of rotatable bonds is 6. The van der Waals surface area contributed by atoms with Gasteiger partial charge in [0.2, 0.25) is 5.88 Å². The molecule has 0 aliphatic heterocycles. The van der Waals surface area contributed by atoms with Crippen LogP contribution in [0.3, 0.4) is 0 Å². The highest BCUT2D eigenvalue weighted by Gasteiger charge is 2.23. The lowest BCUT2D eigenvalue weighted by Crippen LogP contribution is -2.25. The minimum absolute atomic E-state index is 0.0304. The average molecular weight is 361 g/mol. The van der Waals surface area contributed by atoms with E-state index in [1.165, 1.54) is 0 Å². The van der Waals surface area contributed by atoms with Gasteiger partial charge in [0.15, 0.2) is 0 Å². The van der Waals surface area contributed by atoms with Crippen molar-refractivity contribution >= 4 is 5.91 Å². The Bertz CT molecular complexity index is 936. The standard InChI is InChI=1S/C21H19N3O3/c1-26-17-3-2-4-18(13-17)27-20-12-11-19(23-24-20)14-5-7-15(8-6-14)21(25)22-16-9-10-16/h2-8,11-13,16H,9-10H2,1H3,(H,22,25). The van der Waals surface area contributed by atoms with E-state index in [1.807, 2.05) is 36.4 Å². The highest BCUT2D eigenvalue weighted by molar-refractivity contribution is 5.95. The molecule has 1 aromatic heterocycles. The number of carbonyl (C=O) groups is 1. The second kappa shape index (κ2) is 7.45. The minimum atomic E-state index is -0.0304. The van der Waals surface area contributed by atoms with E-state index in [9.17, 15) is 4.79 Å². The molecule has 1 amide bonds. The summed E-state index contributed by atoms with van der Waals surface area (Å²) in [5, 5.41) is 11.3. The molecule has 1 saturated carbocycles. The Morgan fingerprint density at radius 3 is 2.44 bits per heavy atom. The van der Waals surface area contributed by atoms with Gasteiger partial charge in [0.25, 0.3) is 5.91 Å². The Balaban J connectivity index is 1.44. The molecule has 27 heavy (non-hydrogen) atoms. The van der Waals surface area contributed by atoms with E-state index in [4.69, 9.17) is 9.47 Å². The Kier molecular flexibility index (Phi) is 4.70. The third-order valence-electron chi connectivity index (χ3n) is 4.26. The summed E-state index contributed by atoms with van der Waals surface area (Å²) in [5.41, 5.74) is 2.25. The molecule has 6 nitrogen and oxygen atoms in total. The van der Waals surface area contributed by atoms with Crippen LogP contribution in [0.15, 0.2) is 60.7 Å². The molecule has 1 aliphatic rings. The number of nitrogens with zero attached hydrogens (tertiary/aromatic N) is 2. The second-order valence-electron chi connectivity index (χ2n) is 6.36. The van der Waals surface area contributed by atoms with Crippen LogP contribution in [0.25, 0.3) is 11.3 Å². The summed E-state index contributed by atoms with van der Waals surface area (Å²) in [6, 6.07) is 18.6. The molecule has 1 fully saturated rings. The topological polar surface area (TPSA) is 73.3 Å². The number of methoxy groups -OCH3 is 1. The zero-order valence-corrected chi connectivity index (χ0v) is 14.9. The monoisotopic (exact) mass is 361 g/mol. The lowest BCUT2D eigenvalue weighted by Gasteiger charge is -2.07. The van der Waals surface area contributed by atoms with Crippen molar-refractivity contribution in [3.05, 3.63) is 66.2 Å². The molecule has 0 bridgehead atoms. The molecule has 2 aromatic carbocycles. The zero-order chi connectivity index (χ0) is 18.6. The number of amides is 1. The fourth-order valence-corrected chi connectivity index (χ4v) is 2.60. The fourth-order valence-electron chi connectivity index (χ4n) is 2.60. The first kappa shape index (κ1) is 17.0. The van der Waals surface area contributed by atoms with Crippen LogP contribution in [-0.4, -0.2) is 29.3 Å². The van der Waals surface area contributed by atoms with E-state index < -0.39 is 0 Å². The molecule has 6 heteroatoms. The predicted octanol–water partition coefficient (Wildman–Crippen LogP) is 3.84. The van der Waals surface area contributed by atoms with Crippen LogP contribution in [0.5, 0.6) is 17.4 Å². The number of ether oxygens (including phenoxy) is 2. The quantitative estimate of drug-likeness (QED) is 0.722. The van der Waals surface area contributed by atoms with E-state index in [0.29, 0.717) is 34.7 Å². The van der Waals surface area contributed by atoms with Gasteiger partial charge in [0, 0.05) is 29.3 Å². The van der Waals surface area contributed by atoms with Gasteiger partial charge in [-0.3, -0.25) is 4.79 Å². The van der Waals surface area contributed by atoms with Crippen LogP contribution in [0.2, 0.25) is 0 Å². The van der Waals surface area contributed by atoms with Crippen LogP contribution in [0.1, 0.15) is 23.2 Å². The summed E-state index contributed by atoms with van der Waals surface area (Å²) >= 11 is 0. The molecule has 1 heterocycles. The lowest BCUT2D eigenvalue weighted by atomic mass is 10.1. The Morgan fingerprint density at radius 1 is 1.00 bits per heavy atom. The minimum Gasteiger partial charge on any atom is -0.497 e. The van der Waals surface area contributed by atoms with Crippen LogP contribution < -0.4 is 14.8 Å². The molecule has 3 aromatic rings. The van der Waals surface area contributed by atoms with Gasteiger partial charge in [0.1, 0.15) is 11.5 Å². The number of aromatic nitrogens is 2. The molecule has 0 spiro atoms. The van der Waals surface area contributed by atoms with E-state index >= 15 is 0 Å². The lowest BCUT2D eigenvalue weighted by molar-refractivity contribution is 0.0951. The highest BCUT2D eigenvalue weighted by Crippen LogP contribution is 2.25. The first-order valence-electron chi connectivity index (χ1n) is 8.78. The van der Waals surface area contributed by atoms with E-state index in [2.05, 4.69) is 15.5 Å². The third kappa shape index (κ3) is 4.23. The smallest absolute Gasteiger partial charge is 0.251 e. The number of hydrogen-bond donors (Lipinski definition) is 1. The van der Waals surface area contributed by atoms with Crippen molar-refractivity contribution in [1.82, 2.24) is 15.5 Å². The molecule has 1 N–H and O–H groups in total. The van der Waals surface area contributed by atoms with Gasteiger partial charge in [-0.25, -0.2) is 0 Å². The van der Waals surface area contributed by atoms with Gasteiger partial charge in [-0.15, -0.1) is 10.2 Å². The predicted molar refractivity (Wildman–Crippen MR) is 101 cm³/mol. The third-order valence-corrected chi connectivity index (χ3v) is 4.26. The number of carbonyl (C=O) groups excluding carboxylic acids is 1. The van der Waals surface area contributed by atoms with Gasteiger partial charge in [-0.1, -0.05) is 18.2 Å². The molecule has 0 atom stereocenters. The Hall–Kier alpha value is -3.41. The SMILES string of the molecule is COc1cccc(Oc2ccc(-c3ccc(C(=O)NC4CC4)cc3)nn2)c1. The van der Waals surface area contributed by atoms with Crippen molar-refractivity contribution in [1.29, 1.82) is 0 Å². The van der Waals surface area contributed by atoms with Crippen LogP contribution in [-0.2, 0) is 0 Å². The summed E-state index contributed by atoms with van der Waals surface area (Å²) in [6.07, 6.45) is 2.15. The van der Waals surface area contributed by atoms with Crippen molar-refractivity contribution in [3.63, 3.8) is 0 Å². The summed E-state index contributed by atoms with van der Waals surface area (Å²) in [4.78, 5) is 12.0. The molecule has 0 unspecified atom stereocenters. The van der Waals surface area contributed by atoms with Crippen molar-refractivity contribution in [2.45, 2.75) is 18.9 Å². The van der Waals surface area contributed by atoms with Crippen molar-refractivity contribution in [2.75, 3.05) is 7.11 Å². The summed E-state index contributed by atoms with van der Waals surface area (Å²) < 4.78 is 10.9. The molecular weight excluding hydrogens is 342 g/mol. The van der Waals surface area contributed by atoms with Crippen molar-refractivity contribution in [2.24, 2.45) is 0 Å². The molecule has 0 saturated heterocycles. The number of benzene rings is 2. The fraction of sp³-hybridized carbons (Fsp3) is 0.190. The maximum Gasteiger partial charge on any atom is 0.251 e. The van der Waals surface area contributed by atoms with E-state index in [-0.39, 0.29) is 5.91 Å². The maximum absolute atomic E-state index is 12.0. The summed E-state index contributed by atoms with van der Waals surface area (Å²) in [5.74, 6) is 1.70. The first-order chi connectivity index (χ1) is 13.2. The maximum atomic E-state index is 12.0. The number of hydrogen-bond acceptors (Lipinski definition) is 5. The first-order valence-corrected chi connectivity index (χ1v) is 8.78. The molecule has 1 aliphatic carbocycles. The normalized spacial score (nSPS) is 13.1. The van der Waals surface area contributed by atoms with Gasteiger partial charge in [0.05, 0.1) is 12.8 Å². The number of nitrogens with one attached hydrogen (secondary N) is 1. The van der Waals surface area contributed by atoms with Gasteiger partial charge in [-0.2, -0.15) is 0 Å². The van der Waals surface area contributed by atoms with Crippen molar-refractivity contribution in [3.8, 4) is 28.6 Å². The summed E-state index contributed by atoms with van der Waals surface area (Å²) in [7, 11) is 1.61.